The van der Waals surface area contributed by atoms with E-state index in [4.69, 9.17) is 0 Å². The number of rotatable bonds is 7. The van der Waals surface area contributed by atoms with Crippen molar-refractivity contribution in [3.05, 3.63) is 60.2 Å². The lowest BCUT2D eigenvalue weighted by molar-refractivity contribution is -0.126. The number of thioether (sulfide) groups is 1. The van der Waals surface area contributed by atoms with Crippen molar-refractivity contribution in [3.63, 3.8) is 0 Å². The van der Waals surface area contributed by atoms with E-state index in [-0.39, 0.29) is 17.7 Å². The Morgan fingerprint density at radius 3 is 2.31 bits per heavy atom. The van der Waals surface area contributed by atoms with Gasteiger partial charge in [0.25, 0.3) is 0 Å². The molecule has 3 rings (SSSR count). The van der Waals surface area contributed by atoms with Gasteiger partial charge in [0.05, 0.1) is 4.90 Å². The van der Waals surface area contributed by atoms with Crippen molar-refractivity contribution in [2.45, 2.75) is 35.5 Å². The molecule has 1 N–H and O–H groups in total. The van der Waals surface area contributed by atoms with Crippen LogP contribution < -0.4 is 5.32 Å². The number of amides is 1. The molecule has 0 radical (unpaired) electrons. The van der Waals surface area contributed by atoms with Crippen LogP contribution >= 0.6 is 11.8 Å². The van der Waals surface area contributed by atoms with Gasteiger partial charge in [-0.05, 0) is 54.8 Å². The summed E-state index contributed by atoms with van der Waals surface area (Å²) >= 11 is 1.58. The van der Waals surface area contributed by atoms with Crippen molar-refractivity contribution in [3.8, 4) is 0 Å². The first kappa shape index (κ1) is 21.9. The Labute approximate surface area is 177 Å². The summed E-state index contributed by atoms with van der Waals surface area (Å²) in [4.78, 5) is 13.9. The second-order valence-corrected chi connectivity index (χ2v) is 10.2. The fourth-order valence-corrected chi connectivity index (χ4v) is 5.43. The van der Waals surface area contributed by atoms with E-state index in [1.54, 1.807) is 23.9 Å². The molecular weight excluding hydrogens is 404 g/mol. The maximum atomic E-state index is 12.9. The minimum absolute atomic E-state index is 0.0224. The van der Waals surface area contributed by atoms with E-state index in [1.807, 2.05) is 36.6 Å². The van der Waals surface area contributed by atoms with Crippen molar-refractivity contribution in [2.75, 3.05) is 25.9 Å². The second-order valence-electron chi connectivity index (χ2n) is 7.41. The zero-order chi connectivity index (χ0) is 20.9. The Hall–Kier alpha value is -1.83. The number of sulfonamides is 1. The number of hydrogen-bond donors (Lipinski definition) is 1. The third-order valence-corrected chi connectivity index (χ3v) is 8.13. The highest BCUT2D eigenvalue weighted by Crippen LogP contribution is 2.25. The molecule has 0 unspecified atom stereocenters. The van der Waals surface area contributed by atoms with Crippen LogP contribution in [0.2, 0.25) is 0 Å². The number of piperidine rings is 1. The molecule has 1 aliphatic rings. The highest BCUT2D eigenvalue weighted by molar-refractivity contribution is 7.98. The van der Waals surface area contributed by atoms with E-state index in [9.17, 15) is 13.2 Å². The van der Waals surface area contributed by atoms with Crippen LogP contribution in [0.25, 0.3) is 0 Å². The normalized spacial score (nSPS) is 17.0. The monoisotopic (exact) mass is 432 g/mol. The molecule has 0 saturated carbocycles. The van der Waals surface area contributed by atoms with E-state index in [0.717, 1.165) is 4.90 Å². The number of nitrogens with zero attached hydrogens (tertiary/aromatic N) is 1. The molecule has 0 aromatic heterocycles. The SMILES string of the molecule is CSc1ccc(S(=O)(=O)N2CCC(C(=O)NC[C@@H](C)c3ccccc3)CC2)cc1. The third kappa shape index (κ3) is 5.41. The Balaban J connectivity index is 1.52. The van der Waals surface area contributed by atoms with E-state index in [2.05, 4.69) is 24.4 Å². The lowest BCUT2D eigenvalue weighted by atomic mass is 9.96. The summed E-state index contributed by atoms with van der Waals surface area (Å²) in [6.07, 6.45) is 3.06. The summed E-state index contributed by atoms with van der Waals surface area (Å²) < 4.78 is 27.2. The Morgan fingerprint density at radius 1 is 1.10 bits per heavy atom. The number of nitrogens with one attached hydrogen (secondary N) is 1. The molecule has 1 saturated heterocycles. The van der Waals surface area contributed by atoms with Gasteiger partial charge in [-0.2, -0.15) is 4.31 Å². The zero-order valence-corrected chi connectivity index (χ0v) is 18.5. The van der Waals surface area contributed by atoms with Gasteiger partial charge >= 0.3 is 0 Å². The number of carbonyl (C=O) groups excluding carboxylic acids is 1. The highest BCUT2D eigenvalue weighted by atomic mass is 32.2. The summed E-state index contributed by atoms with van der Waals surface area (Å²) in [5, 5.41) is 3.04. The molecule has 156 valence electrons. The average molecular weight is 433 g/mol. The lowest BCUT2D eigenvalue weighted by Gasteiger charge is -2.30. The molecule has 1 aliphatic heterocycles. The summed E-state index contributed by atoms with van der Waals surface area (Å²) in [5.74, 6) is 0.127. The van der Waals surface area contributed by atoms with Crippen LogP contribution in [0.3, 0.4) is 0 Å². The smallest absolute Gasteiger partial charge is 0.243 e. The van der Waals surface area contributed by atoms with Crippen molar-refractivity contribution >= 4 is 27.7 Å². The van der Waals surface area contributed by atoms with Gasteiger partial charge in [-0.3, -0.25) is 4.79 Å². The Morgan fingerprint density at radius 2 is 1.72 bits per heavy atom. The molecule has 1 fully saturated rings. The fourth-order valence-electron chi connectivity index (χ4n) is 3.55. The molecule has 0 bridgehead atoms. The standard InChI is InChI=1S/C22H28N2O3S2/c1-17(18-6-4-3-5-7-18)16-23-22(25)19-12-14-24(15-13-19)29(26,27)21-10-8-20(28-2)9-11-21/h3-11,17,19H,12-16H2,1-2H3,(H,23,25)/t17-/m1/s1. The van der Waals surface area contributed by atoms with E-state index >= 15 is 0 Å². The fraction of sp³-hybridized carbons (Fsp3) is 0.409. The van der Waals surface area contributed by atoms with Gasteiger partial charge in [-0.1, -0.05) is 37.3 Å². The molecule has 2 aromatic carbocycles. The van der Waals surface area contributed by atoms with Crippen LogP contribution in [-0.4, -0.2) is 44.5 Å². The van der Waals surface area contributed by atoms with Crippen molar-refractivity contribution in [1.29, 1.82) is 0 Å². The number of carbonyl (C=O) groups is 1. The van der Waals surface area contributed by atoms with Crippen LogP contribution in [0.15, 0.2) is 64.4 Å². The molecular formula is C22H28N2O3S2. The van der Waals surface area contributed by atoms with Gasteiger partial charge in [0, 0.05) is 30.4 Å². The minimum atomic E-state index is -3.51. The summed E-state index contributed by atoms with van der Waals surface area (Å²) in [7, 11) is -3.51. The first-order valence-corrected chi connectivity index (χ1v) is 12.5. The third-order valence-electron chi connectivity index (χ3n) is 5.47. The van der Waals surface area contributed by atoms with Crippen LogP contribution in [0.1, 0.15) is 31.2 Å². The largest absolute Gasteiger partial charge is 0.355 e. The van der Waals surface area contributed by atoms with Crippen LogP contribution in [0.4, 0.5) is 0 Å². The van der Waals surface area contributed by atoms with E-state index < -0.39 is 10.0 Å². The maximum absolute atomic E-state index is 12.9. The predicted octanol–water partition coefficient (Wildman–Crippen LogP) is 3.73. The number of benzene rings is 2. The van der Waals surface area contributed by atoms with Gasteiger partial charge in [0.15, 0.2) is 0 Å². The van der Waals surface area contributed by atoms with Crippen LogP contribution in [0, 0.1) is 5.92 Å². The molecule has 29 heavy (non-hydrogen) atoms. The molecule has 0 spiro atoms. The lowest BCUT2D eigenvalue weighted by Crippen LogP contribution is -2.43. The molecule has 7 heteroatoms. The summed E-state index contributed by atoms with van der Waals surface area (Å²) in [6, 6.07) is 17.1. The van der Waals surface area contributed by atoms with Gasteiger partial charge < -0.3 is 5.32 Å². The molecule has 1 heterocycles. The summed E-state index contributed by atoms with van der Waals surface area (Å²) in [6.45, 7) is 3.42. The van der Waals surface area contributed by atoms with E-state index in [0.29, 0.717) is 37.4 Å². The topological polar surface area (TPSA) is 66.5 Å². The molecule has 1 amide bonds. The van der Waals surface area contributed by atoms with Gasteiger partial charge in [0.1, 0.15) is 0 Å². The average Bonchev–Trinajstić information content (AvgIpc) is 2.78. The van der Waals surface area contributed by atoms with Crippen LogP contribution in [-0.2, 0) is 14.8 Å². The quantitative estimate of drug-likeness (QED) is 0.677. The first-order chi connectivity index (χ1) is 13.9. The zero-order valence-electron chi connectivity index (χ0n) is 16.9. The Bertz CT molecular complexity index is 907. The molecule has 0 aliphatic carbocycles. The number of hydrogen-bond acceptors (Lipinski definition) is 4. The van der Waals surface area contributed by atoms with Crippen molar-refractivity contribution in [1.82, 2.24) is 9.62 Å². The highest BCUT2D eigenvalue weighted by Gasteiger charge is 2.32. The van der Waals surface area contributed by atoms with Gasteiger partial charge in [-0.15, -0.1) is 11.8 Å². The van der Waals surface area contributed by atoms with E-state index in [1.165, 1.54) is 9.87 Å². The van der Waals surface area contributed by atoms with Crippen molar-refractivity contribution < 1.29 is 13.2 Å². The predicted molar refractivity (Wildman–Crippen MR) is 118 cm³/mol. The molecule has 5 nitrogen and oxygen atoms in total. The first-order valence-electron chi connectivity index (χ1n) is 9.88. The molecule has 1 atom stereocenters. The van der Waals surface area contributed by atoms with Crippen molar-refractivity contribution in [2.24, 2.45) is 5.92 Å². The second kappa shape index (κ2) is 9.78. The summed E-state index contributed by atoms with van der Waals surface area (Å²) in [5.41, 5.74) is 1.20. The van der Waals surface area contributed by atoms with Gasteiger partial charge in [0.2, 0.25) is 15.9 Å². The maximum Gasteiger partial charge on any atom is 0.243 e. The van der Waals surface area contributed by atoms with Crippen LogP contribution in [0.5, 0.6) is 0 Å². The Kier molecular flexibility index (Phi) is 7.38. The minimum Gasteiger partial charge on any atom is -0.355 e. The molecule has 2 aromatic rings. The van der Waals surface area contributed by atoms with Gasteiger partial charge in [-0.25, -0.2) is 8.42 Å².